The minimum Gasteiger partial charge on any atom is -0.461 e. The number of H-pyrrole nitrogens is 1. The summed E-state index contributed by atoms with van der Waals surface area (Å²) in [7, 11) is 0. The van der Waals surface area contributed by atoms with Crippen molar-refractivity contribution in [3.8, 4) is 0 Å². The molecular formula is C14H15BrN2O2. The lowest BCUT2D eigenvalue weighted by atomic mass is 10.2. The van der Waals surface area contributed by atoms with Gasteiger partial charge >= 0.3 is 5.97 Å². The molecule has 0 radical (unpaired) electrons. The number of esters is 1. The van der Waals surface area contributed by atoms with Gasteiger partial charge in [-0.15, -0.1) is 0 Å². The summed E-state index contributed by atoms with van der Waals surface area (Å²) < 4.78 is 6.02. The summed E-state index contributed by atoms with van der Waals surface area (Å²) >= 11 is 3.49. The molecule has 2 aromatic rings. The van der Waals surface area contributed by atoms with Gasteiger partial charge in [0, 0.05) is 17.2 Å². The maximum Gasteiger partial charge on any atom is 0.356 e. The van der Waals surface area contributed by atoms with E-state index in [1.54, 1.807) is 13.1 Å². The Morgan fingerprint density at radius 1 is 1.37 bits per heavy atom. The van der Waals surface area contributed by atoms with Crippen molar-refractivity contribution in [1.82, 2.24) is 4.98 Å². The SMILES string of the molecule is CCOC(=O)c1[nH]ccc1NCc1ccccc1Br. The average molecular weight is 323 g/mol. The molecule has 1 aromatic heterocycles. The number of ether oxygens (including phenoxy) is 1. The Bertz CT molecular complexity index is 566. The lowest BCUT2D eigenvalue weighted by Crippen LogP contribution is -2.09. The first kappa shape index (κ1) is 13.7. The van der Waals surface area contributed by atoms with Gasteiger partial charge in [0.25, 0.3) is 0 Å². The van der Waals surface area contributed by atoms with Gasteiger partial charge in [-0.05, 0) is 24.6 Å². The van der Waals surface area contributed by atoms with Gasteiger partial charge in [0.15, 0.2) is 0 Å². The summed E-state index contributed by atoms with van der Waals surface area (Å²) in [6.45, 7) is 2.78. The van der Waals surface area contributed by atoms with Crippen molar-refractivity contribution >= 4 is 27.6 Å². The van der Waals surface area contributed by atoms with Crippen molar-refractivity contribution in [2.45, 2.75) is 13.5 Å². The Morgan fingerprint density at radius 2 is 2.16 bits per heavy atom. The largest absolute Gasteiger partial charge is 0.461 e. The molecule has 0 saturated carbocycles. The molecule has 0 fully saturated rings. The second kappa shape index (κ2) is 6.43. The standard InChI is InChI=1S/C14H15BrN2O2/c1-2-19-14(18)13-12(7-8-16-13)17-9-10-5-3-4-6-11(10)15/h3-8,16-17H,2,9H2,1H3. The van der Waals surface area contributed by atoms with Crippen LogP contribution >= 0.6 is 15.9 Å². The second-order valence-electron chi connectivity index (χ2n) is 3.93. The van der Waals surface area contributed by atoms with Crippen LogP contribution in [0.3, 0.4) is 0 Å². The fourth-order valence-corrected chi connectivity index (χ4v) is 2.15. The second-order valence-corrected chi connectivity index (χ2v) is 4.79. The van der Waals surface area contributed by atoms with Gasteiger partial charge in [-0.2, -0.15) is 0 Å². The molecular weight excluding hydrogens is 308 g/mol. The molecule has 0 atom stereocenters. The third-order valence-electron chi connectivity index (χ3n) is 2.65. The van der Waals surface area contributed by atoms with Crippen LogP contribution in [-0.4, -0.2) is 17.6 Å². The summed E-state index contributed by atoms with van der Waals surface area (Å²) in [4.78, 5) is 14.6. The summed E-state index contributed by atoms with van der Waals surface area (Å²) in [6, 6.07) is 9.77. The highest BCUT2D eigenvalue weighted by Gasteiger charge is 2.13. The first-order chi connectivity index (χ1) is 9.22. The fraction of sp³-hybridized carbons (Fsp3) is 0.214. The zero-order valence-corrected chi connectivity index (χ0v) is 12.2. The minimum atomic E-state index is -0.345. The number of rotatable bonds is 5. The van der Waals surface area contributed by atoms with E-state index >= 15 is 0 Å². The maximum atomic E-state index is 11.7. The average Bonchev–Trinajstić information content (AvgIpc) is 2.86. The first-order valence-electron chi connectivity index (χ1n) is 6.04. The van der Waals surface area contributed by atoms with Crippen LogP contribution in [0.2, 0.25) is 0 Å². The van der Waals surface area contributed by atoms with Crippen molar-refractivity contribution in [1.29, 1.82) is 0 Å². The predicted molar refractivity (Wildman–Crippen MR) is 78.2 cm³/mol. The number of halogens is 1. The highest BCUT2D eigenvalue weighted by Crippen LogP contribution is 2.20. The molecule has 0 amide bonds. The molecule has 1 aromatic carbocycles. The molecule has 2 N–H and O–H groups in total. The number of aromatic amines is 1. The smallest absolute Gasteiger partial charge is 0.356 e. The molecule has 0 bridgehead atoms. The number of anilines is 1. The maximum absolute atomic E-state index is 11.7. The highest BCUT2D eigenvalue weighted by molar-refractivity contribution is 9.10. The third kappa shape index (κ3) is 3.38. The molecule has 0 aliphatic rings. The van der Waals surface area contributed by atoms with Gasteiger partial charge in [-0.3, -0.25) is 0 Å². The molecule has 0 unspecified atom stereocenters. The van der Waals surface area contributed by atoms with Crippen LogP contribution in [0.25, 0.3) is 0 Å². The molecule has 100 valence electrons. The minimum absolute atomic E-state index is 0.345. The summed E-state index contributed by atoms with van der Waals surface area (Å²) in [6.07, 6.45) is 1.72. The molecule has 19 heavy (non-hydrogen) atoms. The number of aromatic nitrogens is 1. The van der Waals surface area contributed by atoms with E-state index in [1.807, 2.05) is 30.3 Å². The number of carbonyl (C=O) groups is 1. The molecule has 0 spiro atoms. The van der Waals surface area contributed by atoms with Gasteiger partial charge in [0.2, 0.25) is 0 Å². The van der Waals surface area contributed by atoms with Crippen LogP contribution in [0.1, 0.15) is 23.0 Å². The van der Waals surface area contributed by atoms with Gasteiger partial charge in [-0.1, -0.05) is 34.1 Å². The van der Waals surface area contributed by atoms with Crippen LogP contribution in [0.15, 0.2) is 41.0 Å². The van der Waals surface area contributed by atoms with Crippen LogP contribution in [-0.2, 0) is 11.3 Å². The predicted octanol–water partition coefficient (Wildman–Crippen LogP) is 3.57. The summed E-state index contributed by atoms with van der Waals surface area (Å²) in [5, 5.41) is 3.23. The summed E-state index contributed by atoms with van der Waals surface area (Å²) in [5.74, 6) is -0.345. The van der Waals surface area contributed by atoms with Crippen molar-refractivity contribution in [3.63, 3.8) is 0 Å². The topological polar surface area (TPSA) is 54.1 Å². The number of hydrogen-bond acceptors (Lipinski definition) is 3. The molecule has 0 aliphatic carbocycles. The van der Waals surface area contributed by atoms with Gasteiger partial charge in [0.05, 0.1) is 12.3 Å². The fourth-order valence-electron chi connectivity index (χ4n) is 1.72. The third-order valence-corrected chi connectivity index (χ3v) is 3.43. The molecule has 0 aliphatic heterocycles. The zero-order chi connectivity index (χ0) is 13.7. The quantitative estimate of drug-likeness (QED) is 0.827. The number of carbonyl (C=O) groups excluding carboxylic acids is 1. The van der Waals surface area contributed by atoms with Crippen molar-refractivity contribution in [2.75, 3.05) is 11.9 Å². The van der Waals surface area contributed by atoms with E-state index in [0.717, 1.165) is 15.7 Å². The van der Waals surface area contributed by atoms with Crippen LogP contribution in [0.5, 0.6) is 0 Å². The van der Waals surface area contributed by atoms with Crippen LogP contribution in [0, 0.1) is 0 Å². The zero-order valence-electron chi connectivity index (χ0n) is 10.6. The Kier molecular flexibility index (Phi) is 4.63. The highest BCUT2D eigenvalue weighted by atomic mass is 79.9. The molecule has 2 rings (SSSR count). The Balaban J connectivity index is 2.06. The van der Waals surface area contributed by atoms with Crippen LogP contribution < -0.4 is 5.32 Å². The van der Waals surface area contributed by atoms with Gasteiger partial charge < -0.3 is 15.0 Å². The Labute approximate surface area is 120 Å². The molecule has 5 heteroatoms. The Hall–Kier alpha value is -1.75. The monoisotopic (exact) mass is 322 g/mol. The molecule has 4 nitrogen and oxygen atoms in total. The first-order valence-corrected chi connectivity index (χ1v) is 6.83. The number of hydrogen-bond donors (Lipinski definition) is 2. The number of benzene rings is 1. The van der Waals surface area contributed by atoms with E-state index < -0.39 is 0 Å². The van der Waals surface area contributed by atoms with E-state index in [-0.39, 0.29) is 5.97 Å². The van der Waals surface area contributed by atoms with Gasteiger partial charge in [-0.25, -0.2) is 4.79 Å². The molecule has 1 heterocycles. The normalized spacial score (nSPS) is 10.2. The van der Waals surface area contributed by atoms with E-state index in [4.69, 9.17) is 4.74 Å². The molecule has 0 saturated heterocycles. The van der Waals surface area contributed by atoms with Crippen molar-refractivity contribution in [3.05, 3.63) is 52.3 Å². The van der Waals surface area contributed by atoms with Crippen LogP contribution in [0.4, 0.5) is 5.69 Å². The number of nitrogens with one attached hydrogen (secondary N) is 2. The van der Waals surface area contributed by atoms with E-state index in [2.05, 4.69) is 26.2 Å². The lowest BCUT2D eigenvalue weighted by Gasteiger charge is -2.08. The van der Waals surface area contributed by atoms with Gasteiger partial charge in [0.1, 0.15) is 5.69 Å². The summed E-state index contributed by atoms with van der Waals surface area (Å²) in [5.41, 5.74) is 2.32. The van der Waals surface area contributed by atoms with E-state index in [0.29, 0.717) is 18.8 Å². The lowest BCUT2D eigenvalue weighted by molar-refractivity contribution is 0.0521. The van der Waals surface area contributed by atoms with E-state index in [1.165, 1.54) is 0 Å². The van der Waals surface area contributed by atoms with Crippen molar-refractivity contribution < 1.29 is 9.53 Å². The van der Waals surface area contributed by atoms with Crippen molar-refractivity contribution in [2.24, 2.45) is 0 Å². The van der Waals surface area contributed by atoms with E-state index in [9.17, 15) is 4.79 Å². The Morgan fingerprint density at radius 3 is 2.89 bits per heavy atom.